The van der Waals surface area contributed by atoms with Crippen molar-refractivity contribution >= 4 is 0 Å². The molecule has 23 heavy (non-hydrogen) atoms. The van der Waals surface area contributed by atoms with Crippen molar-refractivity contribution < 1.29 is 4.74 Å². The van der Waals surface area contributed by atoms with Gasteiger partial charge in [0.15, 0.2) is 0 Å². The summed E-state index contributed by atoms with van der Waals surface area (Å²) in [6.07, 6.45) is 11.1. The summed E-state index contributed by atoms with van der Waals surface area (Å²) < 4.78 is 6.33. The number of nitrogens with zero attached hydrogens (tertiary/aromatic N) is 3. The Balaban J connectivity index is 1.43. The standard InChI is InChI=1S/C19H23N3O/c1-4-16(11-20-7-1)13-22-9-3-6-19(15-22)10-18(14-23-19)17-5-2-8-21-12-17/h1-2,4-5,7-8,11-12,18H,3,6,9-10,13-15H2. The van der Waals surface area contributed by atoms with E-state index in [2.05, 4.69) is 27.0 Å². The minimum Gasteiger partial charge on any atom is -0.373 e. The number of likely N-dealkylation sites (tertiary alicyclic amines) is 1. The molecule has 2 unspecified atom stereocenters. The molecule has 0 bridgehead atoms. The molecule has 120 valence electrons. The fourth-order valence-electron chi connectivity index (χ4n) is 4.04. The monoisotopic (exact) mass is 309 g/mol. The van der Waals surface area contributed by atoms with Crippen LogP contribution in [0.3, 0.4) is 0 Å². The van der Waals surface area contributed by atoms with E-state index in [1.165, 1.54) is 24.0 Å². The molecule has 4 heterocycles. The molecule has 2 aromatic heterocycles. The summed E-state index contributed by atoms with van der Waals surface area (Å²) in [5.41, 5.74) is 2.63. The van der Waals surface area contributed by atoms with E-state index in [0.717, 1.165) is 32.7 Å². The predicted octanol–water partition coefficient (Wildman–Crippen LogP) is 3.02. The van der Waals surface area contributed by atoms with Gasteiger partial charge in [0.1, 0.15) is 0 Å². The van der Waals surface area contributed by atoms with Crippen molar-refractivity contribution in [3.8, 4) is 0 Å². The van der Waals surface area contributed by atoms with Crippen LogP contribution in [0.25, 0.3) is 0 Å². The number of hydrogen-bond donors (Lipinski definition) is 0. The maximum absolute atomic E-state index is 6.33. The zero-order chi connectivity index (χ0) is 15.5. The third-order valence-electron chi connectivity index (χ3n) is 5.11. The second-order valence-corrected chi connectivity index (χ2v) is 6.86. The molecule has 2 saturated heterocycles. The summed E-state index contributed by atoms with van der Waals surface area (Å²) in [5.74, 6) is 0.488. The molecule has 0 aliphatic carbocycles. The number of hydrogen-bond acceptors (Lipinski definition) is 4. The van der Waals surface area contributed by atoms with Crippen molar-refractivity contribution in [2.45, 2.75) is 37.3 Å². The number of aromatic nitrogens is 2. The van der Waals surface area contributed by atoms with Crippen molar-refractivity contribution in [2.75, 3.05) is 19.7 Å². The highest BCUT2D eigenvalue weighted by Crippen LogP contribution is 2.41. The van der Waals surface area contributed by atoms with Crippen LogP contribution < -0.4 is 0 Å². The molecule has 0 radical (unpaired) electrons. The number of rotatable bonds is 3. The zero-order valence-electron chi connectivity index (χ0n) is 13.4. The van der Waals surface area contributed by atoms with Crippen LogP contribution in [0.5, 0.6) is 0 Å². The third-order valence-corrected chi connectivity index (χ3v) is 5.11. The van der Waals surface area contributed by atoms with Crippen molar-refractivity contribution in [1.82, 2.24) is 14.9 Å². The van der Waals surface area contributed by atoms with Gasteiger partial charge in [0.25, 0.3) is 0 Å². The smallest absolute Gasteiger partial charge is 0.0816 e. The Kier molecular flexibility index (Phi) is 4.10. The maximum atomic E-state index is 6.33. The molecule has 0 aromatic carbocycles. The van der Waals surface area contributed by atoms with Gasteiger partial charge in [-0.05, 0) is 49.1 Å². The van der Waals surface area contributed by atoms with E-state index in [4.69, 9.17) is 4.74 Å². The SMILES string of the molecule is c1cncc(CN2CCCC3(CC(c4cccnc4)CO3)C2)c1. The second kappa shape index (κ2) is 6.38. The van der Waals surface area contributed by atoms with Crippen LogP contribution in [0, 0.1) is 0 Å². The molecule has 2 aliphatic rings. The molecule has 2 aliphatic heterocycles. The molecule has 4 rings (SSSR count). The molecule has 2 fully saturated rings. The van der Waals surface area contributed by atoms with E-state index >= 15 is 0 Å². The Hall–Kier alpha value is -1.78. The summed E-state index contributed by atoms with van der Waals surface area (Å²) in [7, 11) is 0. The van der Waals surface area contributed by atoms with E-state index in [1.54, 1.807) is 0 Å². The van der Waals surface area contributed by atoms with Crippen LogP contribution in [0.2, 0.25) is 0 Å². The number of ether oxygens (including phenoxy) is 1. The van der Waals surface area contributed by atoms with Crippen LogP contribution in [0.1, 0.15) is 36.3 Å². The summed E-state index contributed by atoms with van der Waals surface area (Å²) in [5, 5.41) is 0. The number of piperidine rings is 1. The van der Waals surface area contributed by atoms with Gasteiger partial charge >= 0.3 is 0 Å². The van der Waals surface area contributed by atoms with Gasteiger partial charge in [-0.1, -0.05) is 12.1 Å². The van der Waals surface area contributed by atoms with Crippen molar-refractivity contribution in [3.05, 3.63) is 60.2 Å². The average molecular weight is 309 g/mol. The van der Waals surface area contributed by atoms with E-state index in [-0.39, 0.29) is 5.60 Å². The molecule has 4 nitrogen and oxygen atoms in total. The highest BCUT2D eigenvalue weighted by Gasteiger charge is 2.43. The van der Waals surface area contributed by atoms with Crippen LogP contribution in [0.4, 0.5) is 0 Å². The molecule has 2 atom stereocenters. The Morgan fingerprint density at radius 1 is 1.17 bits per heavy atom. The van der Waals surface area contributed by atoms with Crippen molar-refractivity contribution in [2.24, 2.45) is 0 Å². The van der Waals surface area contributed by atoms with Crippen molar-refractivity contribution in [3.63, 3.8) is 0 Å². The summed E-state index contributed by atoms with van der Waals surface area (Å²) in [4.78, 5) is 11.0. The van der Waals surface area contributed by atoms with Crippen LogP contribution in [0.15, 0.2) is 49.1 Å². The van der Waals surface area contributed by atoms with Gasteiger partial charge in [-0.2, -0.15) is 0 Å². The van der Waals surface area contributed by atoms with Gasteiger partial charge in [-0.25, -0.2) is 0 Å². The predicted molar refractivity (Wildman–Crippen MR) is 89.0 cm³/mol. The molecule has 0 saturated carbocycles. The van der Waals surface area contributed by atoms with E-state index < -0.39 is 0 Å². The zero-order valence-corrected chi connectivity index (χ0v) is 13.4. The van der Waals surface area contributed by atoms with Gasteiger partial charge in [-0.15, -0.1) is 0 Å². The first-order valence-electron chi connectivity index (χ1n) is 8.48. The normalized spacial score (nSPS) is 28.3. The Bertz CT molecular complexity index is 634. The average Bonchev–Trinajstić information content (AvgIpc) is 3.00. The molecule has 1 spiro atoms. The Morgan fingerprint density at radius 2 is 2.04 bits per heavy atom. The van der Waals surface area contributed by atoms with E-state index in [1.807, 2.05) is 36.9 Å². The van der Waals surface area contributed by atoms with Gasteiger partial charge < -0.3 is 4.74 Å². The topological polar surface area (TPSA) is 38.2 Å². The summed E-state index contributed by atoms with van der Waals surface area (Å²) >= 11 is 0. The molecule has 4 heteroatoms. The Labute approximate surface area is 137 Å². The minimum absolute atomic E-state index is 0.0287. The van der Waals surface area contributed by atoms with Gasteiger partial charge in [0.05, 0.1) is 12.2 Å². The first kappa shape index (κ1) is 14.8. The summed E-state index contributed by atoms with van der Waals surface area (Å²) in [6.45, 7) is 3.97. The lowest BCUT2D eigenvalue weighted by Gasteiger charge is -2.39. The van der Waals surface area contributed by atoms with Crippen LogP contribution in [-0.2, 0) is 11.3 Å². The molecule has 0 amide bonds. The Morgan fingerprint density at radius 3 is 2.83 bits per heavy atom. The molecule has 0 N–H and O–H groups in total. The van der Waals surface area contributed by atoms with E-state index in [9.17, 15) is 0 Å². The first-order chi connectivity index (χ1) is 11.3. The molecular weight excluding hydrogens is 286 g/mol. The van der Waals surface area contributed by atoms with E-state index in [0.29, 0.717) is 5.92 Å². The minimum atomic E-state index is 0.0287. The molecular formula is C19H23N3O. The molecule has 2 aromatic rings. The van der Waals surface area contributed by atoms with Crippen LogP contribution in [-0.4, -0.2) is 40.2 Å². The largest absolute Gasteiger partial charge is 0.373 e. The summed E-state index contributed by atoms with van der Waals surface area (Å²) in [6, 6.07) is 8.37. The lowest BCUT2D eigenvalue weighted by Crippen LogP contribution is -2.47. The first-order valence-corrected chi connectivity index (χ1v) is 8.48. The number of pyridine rings is 2. The fourth-order valence-corrected chi connectivity index (χ4v) is 4.04. The van der Waals surface area contributed by atoms with Gasteiger partial charge in [-0.3, -0.25) is 14.9 Å². The highest BCUT2D eigenvalue weighted by atomic mass is 16.5. The van der Waals surface area contributed by atoms with Gasteiger partial charge in [0, 0.05) is 43.8 Å². The van der Waals surface area contributed by atoms with Gasteiger partial charge in [0.2, 0.25) is 0 Å². The van der Waals surface area contributed by atoms with Crippen molar-refractivity contribution in [1.29, 1.82) is 0 Å². The second-order valence-electron chi connectivity index (χ2n) is 6.86. The maximum Gasteiger partial charge on any atom is 0.0816 e. The fraction of sp³-hybridized carbons (Fsp3) is 0.474. The highest BCUT2D eigenvalue weighted by molar-refractivity contribution is 5.18. The van der Waals surface area contributed by atoms with Crippen LogP contribution >= 0.6 is 0 Å². The third kappa shape index (κ3) is 3.28. The lowest BCUT2D eigenvalue weighted by molar-refractivity contribution is -0.0533. The quantitative estimate of drug-likeness (QED) is 0.873. The lowest BCUT2D eigenvalue weighted by atomic mass is 9.84.